The normalized spacial score (nSPS) is 11.9. The molecule has 4 rings (SSSR count). The van der Waals surface area contributed by atoms with E-state index in [1.54, 1.807) is 43.3 Å². The first-order valence-electron chi connectivity index (χ1n) is 9.26. The fraction of sp³-hybridized carbons (Fsp3) is 0.0909. The monoisotopic (exact) mass is 510 g/mol. The molecule has 1 unspecified atom stereocenters. The maximum Gasteiger partial charge on any atom is 0.419 e. The van der Waals surface area contributed by atoms with Crippen LogP contribution in [0.3, 0.4) is 0 Å². The van der Waals surface area contributed by atoms with Gasteiger partial charge in [-0.3, -0.25) is 5.32 Å². The number of amides is 1. The standard InChI is InChI=1S/C22H14Cl3FN2O3S/c1-11(19-13(23)7-8-14(24)20(19)25)30-17-10-18-16(9-15(17)26)28-22(32-18)31-21(29)27-12-5-3-2-4-6-12/h2-11H,1H3,(H,27,29). The molecule has 0 fully saturated rings. The first kappa shape index (κ1) is 22.6. The van der Waals surface area contributed by atoms with Gasteiger partial charge in [-0.15, -0.1) is 0 Å². The lowest BCUT2D eigenvalue weighted by Crippen LogP contribution is -2.16. The molecule has 0 radical (unpaired) electrons. The molecule has 0 aliphatic heterocycles. The predicted molar refractivity (Wildman–Crippen MR) is 126 cm³/mol. The molecule has 3 aromatic carbocycles. The fourth-order valence-electron chi connectivity index (χ4n) is 2.95. The molecule has 164 valence electrons. The predicted octanol–water partition coefficient (Wildman–Crippen LogP) is 8.15. The number of nitrogens with one attached hydrogen (secondary N) is 1. The highest BCUT2D eigenvalue weighted by Gasteiger charge is 2.20. The lowest BCUT2D eigenvalue weighted by molar-refractivity contribution is 0.215. The van der Waals surface area contributed by atoms with Crippen molar-refractivity contribution < 1.29 is 18.7 Å². The van der Waals surface area contributed by atoms with E-state index in [1.165, 1.54) is 12.1 Å². The molecule has 1 atom stereocenters. The molecule has 1 heterocycles. The number of thiazole rings is 1. The minimum Gasteiger partial charge on any atom is -0.483 e. The van der Waals surface area contributed by atoms with Crippen LogP contribution in [-0.4, -0.2) is 11.1 Å². The Morgan fingerprint density at radius 2 is 1.81 bits per heavy atom. The van der Waals surface area contributed by atoms with Crippen LogP contribution in [0.1, 0.15) is 18.6 Å². The van der Waals surface area contributed by atoms with Gasteiger partial charge in [-0.05, 0) is 31.2 Å². The highest BCUT2D eigenvalue weighted by molar-refractivity contribution is 7.20. The number of fused-ring (bicyclic) bond motifs is 1. The largest absolute Gasteiger partial charge is 0.483 e. The Hall–Kier alpha value is -2.58. The third-order valence-electron chi connectivity index (χ3n) is 4.41. The van der Waals surface area contributed by atoms with Gasteiger partial charge in [-0.25, -0.2) is 14.2 Å². The van der Waals surface area contributed by atoms with Crippen molar-refractivity contribution in [1.29, 1.82) is 0 Å². The van der Waals surface area contributed by atoms with Gasteiger partial charge in [0.1, 0.15) is 6.10 Å². The number of carbonyl (C=O) groups excluding carboxylic acids is 1. The Labute approximate surface area is 201 Å². The van der Waals surface area contributed by atoms with Gasteiger partial charge in [0.15, 0.2) is 11.6 Å². The van der Waals surface area contributed by atoms with Crippen molar-refractivity contribution >= 4 is 68.1 Å². The van der Waals surface area contributed by atoms with E-state index in [9.17, 15) is 9.18 Å². The molecule has 1 N–H and O–H groups in total. The summed E-state index contributed by atoms with van der Waals surface area (Å²) in [6, 6.07) is 14.7. The molecule has 0 bridgehead atoms. The molecule has 0 aliphatic rings. The number of hydrogen-bond acceptors (Lipinski definition) is 5. The zero-order valence-electron chi connectivity index (χ0n) is 16.4. The Bertz CT molecular complexity index is 1300. The van der Waals surface area contributed by atoms with E-state index in [4.69, 9.17) is 44.3 Å². The fourth-order valence-corrected chi connectivity index (χ4v) is 4.62. The van der Waals surface area contributed by atoms with E-state index in [0.717, 1.165) is 11.3 Å². The second kappa shape index (κ2) is 9.50. The Balaban J connectivity index is 1.54. The van der Waals surface area contributed by atoms with Crippen LogP contribution in [0, 0.1) is 5.82 Å². The van der Waals surface area contributed by atoms with E-state index in [2.05, 4.69) is 10.3 Å². The highest BCUT2D eigenvalue weighted by atomic mass is 35.5. The number of benzene rings is 3. The van der Waals surface area contributed by atoms with Crippen LogP contribution < -0.4 is 14.8 Å². The van der Waals surface area contributed by atoms with Crippen molar-refractivity contribution in [2.45, 2.75) is 13.0 Å². The summed E-state index contributed by atoms with van der Waals surface area (Å²) in [6.45, 7) is 1.68. The lowest BCUT2D eigenvalue weighted by Gasteiger charge is -2.18. The van der Waals surface area contributed by atoms with E-state index in [0.29, 0.717) is 31.5 Å². The van der Waals surface area contributed by atoms with Crippen LogP contribution in [-0.2, 0) is 0 Å². The molecule has 10 heteroatoms. The first-order chi connectivity index (χ1) is 15.3. The number of rotatable bonds is 5. The van der Waals surface area contributed by atoms with Crippen LogP contribution in [0.15, 0.2) is 54.6 Å². The van der Waals surface area contributed by atoms with Crippen molar-refractivity contribution in [1.82, 2.24) is 4.98 Å². The summed E-state index contributed by atoms with van der Waals surface area (Å²) in [7, 11) is 0. The van der Waals surface area contributed by atoms with Crippen molar-refractivity contribution in [3.05, 3.63) is 81.0 Å². The first-order valence-corrected chi connectivity index (χ1v) is 11.2. The topological polar surface area (TPSA) is 60.5 Å². The van der Waals surface area contributed by atoms with Gasteiger partial charge in [0.05, 0.1) is 20.3 Å². The third-order valence-corrected chi connectivity index (χ3v) is 6.46. The average molecular weight is 512 g/mol. The van der Waals surface area contributed by atoms with E-state index >= 15 is 0 Å². The minimum absolute atomic E-state index is 0.0268. The van der Waals surface area contributed by atoms with Gasteiger partial charge < -0.3 is 9.47 Å². The van der Waals surface area contributed by atoms with Gasteiger partial charge in [0.2, 0.25) is 0 Å². The number of nitrogens with zero attached hydrogens (tertiary/aromatic N) is 1. The summed E-state index contributed by atoms with van der Waals surface area (Å²) in [5.41, 5.74) is 1.35. The summed E-state index contributed by atoms with van der Waals surface area (Å²) >= 11 is 19.6. The van der Waals surface area contributed by atoms with Crippen LogP contribution in [0.2, 0.25) is 15.1 Å². The van der Waals surface area contributed by atoms with Crippen molar-refractivity contribution in [2.75, 3.05) is 5.32 Å². The quantitative estimate of drug-likeness (QED) is 0.275. The Morgan fingerprint density at radius 3 is 2.56 bits per heavy atom. The molecule has 0 saturated heterocycles. The van der Waals surface area contributed by atoms with Gasteiger partial charge in [-0.2, -0.15) is 0 Å². The van der Waals surface area contributed by atoms with E-state index in [1.807, 2.05) is 6.07 Å². The molecule has 1 amide bonds. The number of para-hydroxylation sites is 1. The number of hydrogen-bond donors (Lipinski definition) is 1. The summed E-state index contributed by atoms with van der Waals surface area (Å²) in [5.74, 6) is -0.662. The molecule has 32 heavy (non-hydrogen) atoms. The summed E-state index contributed by atoms with van der Waals surface area (Å²) in [5, 5.41) is 3.57. The van der Waals surface area contributed by atoms with Gasteiger partial charge in [-0.1, -0.05) is 64.3 Å². The molecular weight excluding hydrogens is 498 g/mol. The van der Waals surface area contributed by atoms with Crippen LogP contribution in [0.25, 0.3) is 10.2 Å². The summed E-state index contributed by atoms with van der Waals surface area (Å²) in [6.07, 6.45) is -1.38. The molecular formula is C22H14Cl3FN2O3S. The lowest BCUT2D eigenvalue weighted by atomic mass is 10.1. The van der Waals surface area contributed by atoms with Crippen LogP contribution in [0.5, 0.6) is 10.9 Å². The summed E-state index contributed by atoms with van der Waals surface area (Å²) < 4.78 is 26.2. The maximum atomic E-state index is 14.7. The zero-order valence-corrected chi connectivity index (χ0v) is 19.4. The molecule has 0 spiro atoms. The van der Waals surface area contributed by atoms with Gasteiger partial charge in [0.25, 0.3) is 5.19 Å². The zero-order chi connectivity index (χ0) is 22.8. The van der Waals surface area contributed by atoms with E-state index in [-0.39, 0.29) is 16.0 Å². The van der Waals surface area contributed by atoms with Gasteiger partial charge >= 0.3 is 6.09 Å². The second-order valence-corrected chi connectivity index (χ2v) is 8.81. The maximum absolute atomic E-state index is 14.7. The molecule has 0 saturated carbocycles. The third kappa shape index (κ3) is 4.91. The minimum atomic E-state index is -0.703. The van der Waals surface area contributed by atoms with E-state index < -0.39 is 18.0 Å². The Morgan fingerprint density at radius 1 is 1.09 bits per heavy atom. The molecule has 1 aromatic heterocycles. The van der Waals surface area contributed by atoms with Crippen molar-refractivity contribution in [3.8, 4) is 10.9 Å². The van der Waals surface area contributed by atoms with Gasteiger partial charge in [0, 0.05) is 28.4 Å². The average Bonchev–Trinajstić information content (AvgIpc) is 3.12. The molecule has 0 aliphatic carbocycles. The smallest absolute Gasteiger partial charge is 0.419 e. The second-order valence-electron chi connectivity index (χ2n) is 6.63. The Kier molecular flexibility index (Phi) is 6.71. The number of carbonyl (C=O) groups is 1. The number of halogens is 4. The number of ether oxygens (including phenoxy) is 2. The molecule has 4 aromatic rings. The number of aromatic nitrogens is 1. The molecule has 5 nitrogen and oxygen atoms in total. The SMILES string of the molecule is CC(Oc1cc2sc(OC(=O)Nc3ccccc3)nc2cc1F)c1c(Cl)ccc(Cl)c1Cl. The summed E-state index contributed by atoms with van der Waals surface area (Å²) in [4.78, 5) is 16.2. The van der Waals surface area contributed by atoms with Crippen molar-refractivity contribution in [2.24, 2.45) is 0 Å². The van der Waals surface area contributed by atoms with Crippen LogP contribution in [0.4, 0.5) is 14.9 Å². The van der Waals surface area contributed by atoms with Crippen molar-refractivity contribution in [3.63, 3.8) is 0 Å². The highest BCUT2D eigenvalue weighted by Crippen LogP contribution is 2.39. The van der Waals surface area contributed by atoms with Crippen LogP contribution >= 0.6 is 46.1 Å². The number of anilines is 1.